The van der Waals surface area contributed by atoms with Crippen molar-refractivity contribution in [2.75, 3.05) is 25.6 Å². The molecule has 0 fully saturated rings. The van der Waals surface area contributed by atoms with Gasteiger partial charge in [-0.25, -0.2) is 4.98 Å². The van der Waals surface area contributed by atoms with Crippen LogP contribution in [-0.4, -0.2) is 29.8 Å². The summed E-state index contributed by atoms with van der Waals surface area (Å²) >= 11 is 0. The third-order valence-corrected chi connectivity index (χ3v) is 1.80. The monoisotopic (exact) mass is 183 g/mol. The van der Waals surface area contributed by atoms with E-state index in [-0.39, 0.29) is 0 Å². The van der Waals surface area contributed by atoms with Gasteiger partial charge in [-0.3, -0.25) is 0 Å². The standard InChI is InChI=1S/C9H17N3O/c1-3-10-9-11-5-7-12(9)6-4-8-13-2/h5,7H,3-4,6,8H2,1-2H3,(H,10,11). The molecule has 1 rings (SSSR count). The van der Waals surface area contributed by atoms with Crippen molar-refractivity contribution in [3.05, 3.63) is 12.4 Å². The maximum absolute atomic E-state index is 4.99. The second-order valence-electron chi connectivity index (χ2n) is 2.82. The van der Waals surface area contributed by atoms with E-state index in [0.717, 1.165) is 32.1 Å². The molecule has 74 valence electrons. The Kier molecular flexibility index (Phi) is 4.32. The summed E-state index contributed by atoms with van der Waals surface area (Å²) in [6.45, 7) is 4.72. The number of hydrogen-bond acceptors (Lipinski definition) is 3. The molecule has 0 spiro atoms. The van der Waals surface area contributed by atoms with Crippen molar-refractivity contribution in [3.63, 3.8) is 0 Å². The molecule has 0 aromatic carbocycles. The second kappa shape index (κ2) is 5.59. The summed E-state index contributed by atoms with van der Waals surface area (Å²) in [5.41, 5.74) is 0. The number of rotatable bonds is 6. The summed E-state index contributed by atoms with van der Waals surface area (Å²) in [6.07, 6.45) is 4.81. The topological polar surface area (TPSA) is 39.1 Å². The average Bonchev–Trinajstić information content (AvgIpc) is 2.54. The number of nitrogens with zero attached hydrogens (tertiary/aromatic N) is 2. The number of nitrogens with one attached hydrogen (secondary N) is 1. The number of imidazole rings is 1. The molecule has 4 nitrogen and oxygen atoms in total. The quantitative estimate of drug-likeness (QED) is 0.677. The summed E-state index contributed by atoms with van der Waals surface area (Å²) in [5.74, 6) is 0.943. The minimum absolute atomic E-state index is 0.795. The second-order valence-corrected chi connectivity index (χ2v) is 2.82. The Morgan fingerprint density at radius 1 is 1.62 bits per heavy atom. The third-order valence-electron chi connectivity index (χ3n) is 1.80. The van der Waals surface area contributed by atoms with Crippen LogP contribution in [0, 0.1) is 0 Å². The maximum atomic E-state index is 4.99. The summed E-state index contributed by atoms with van der Waals surface area (Å²) in [4.78, 5) is 4.20. The minimum Gasteiger partial charge on any atom is -0.385 e. The Bertz CT molecular complexity index is 235. The zero-order chi connectivity index (χ0) is 9.52. The molecule has 0 aliphatic carbocycles. The molecule has 1 aromatic heterocycles. The SMILES string of the molecule is CCNc1nccn1CCCOC. The Balaban J connectivity index is 2.40. The molecule has 1 N–H and O–H groups in total. The predicted octanol–water partition coefficient (Wildman–Crippen LogP) is 1.35. The van der Waals surface area contributed by atoms with Crippen LogP contribution in [0.25, 0.3) is 0 Å². The molecule has 0 radical (unpaired) electrons. The van der Waals surface area contributed by atoms with Crippen LogP contribution in [0.5, 0.6) is 0 Å². The molecule has 4 heteroatoms. The molecule has 0 aliphatic heterocycles. The van der Waals surface area contributed by atoms with Crippen LogP contribution in [0.1, 0.15) is 13.3 Å². The van der Waals surface area contributed by atoms with Gasteiger partial charge in [0.2, 0.25) is 5.95 Å². The van der Waals surface area contributed by atoms with E-state index in [9.17, 15) is 0 Å². The molecule has 13 heavy (non-hydrogen) atoms. The van der Waals surface area contributed by atoms with E-state index in [2.05, 4.69) is 21.8 Å². The Hall–Kier alpha value is -1.03. The van der Waals surface area contributed by atoms with Gasteiger partial charge in [0.25, 0.3) is 0 Å². The first kappa shape index (κ1) is 10.1. The largest absolute Gasteiger partial charge is 0.385 e. The van der Waals surface area contributed by atoms with E-state index in [1.165, 1.54) is 0 Å². The van der Waals surface area contributed by atoms with Crippen molar-refractivity contribution in [1.82, 2.24) is 9.55 Å². The predicted molar refractivity (Wildman–Crippen MR) is 52.9 cm³/mol. The van der Waals surface area contributed by atoms with Gasteiger partial charge in [0.15, 0.2) is 0 Å². The summed E-state index contributed by atoms with van der Waals surface area (Å²) in [5, 5.41) is 3.19. The van der Waals surface area contributed by atoms with Crippen LogP contribution >= 0.6 is 0 Å². The first-order chi connectivity index (χ1) is 6.38. The molecular weight excluding hydrogens is 166 g/mol. The number of ether oxygens (including phenoxy) is 1. The lowest BCUT2D eigenvalue weighted by Gasteiger charge is -2.07. The van der Waals surface area contributed by atoms with Crippen molar-refractivity contribution < 1.29 is 4.74 Å². The van der Waals surface area contributed by atoms with Crippen molar-refractivity contribution in [2.45, 2.75) is 19.9 Å². The van der Waals surface area contributed by atoms with Gasteiger partial charge < -0.3 is 14.6 Å². The molecule has 1 heterocycles. The fourth-order valence-electron chi connectivity index (χ4n) is 1.19. The molecule has 1 aromatic rings. The van der Waals surface area contributed by atoms with Gasteiger partial charge in [-0.05, 0) is 13.3 Å². The van der Waals surface area contributed by atoms with Crippen LogP contribution in [0.3, 0.4) is 0 Å². The van der Waals surface area contributed by atoms with Gasteiger partial charge in [-0.15, -0.1) is 0 Å². The molecule has 0 saturated carbocycles. The lowest BCUT2D eigenvalue weighted by atomic mass is 10.4. The molecule has 0 amide bonds. The van der Waals surface area contributed by atoms with Crippen molar-refractivity contribution in [1.29, 1.82) is 0 Å². The molecule has 0 saturated heterocycles. The fraction of sp³-hybridized carbons (Fsp3) is 0.667. The Labute approximate surface area is 78.9 Å². The van der Waals surface area contributed by atoms with Crippen LogP contribution in [-0.2, 0) is 11.3 Å². The highest BCUT2D eigenvalue weighted by Crippen LogP contribution is 2.04. The summed E-state index contributed by atoms with van der Waals surface area (Å²) in [7, 11) is 1.72. The highest BCUT2D eigenvalue weighted by atomic mass is 16.5. The van der Waals surface area contributed by atoms with E-state index >= 15 is 0 Å². The summed E-state index contributed by atoms with van der Waals surface area (Å²) in [6, 6.07) is 0. The first-order valence-corrected chi connectivity index (χ1v) is 4.62. The molecule has 0 unspecified atom stereocenters. The van der Waals surface area contributed by atoms with Gasteiger partial charge in [0.05, 0.1) is 0 Å². The highest BCUT2D eigenvalue weighted by Gasteiger charge is 1.99. The smallest absolute Gasteiger partial charge is 0.202 e. The van der Waals surface area contributed by atoms with Crippen molar-refractivity contribution in [2.24, 2.45) is 0 Å². The van der Waals surface area contributed by atoms with Crippen LogP contribution in [0.2, 0.25) is 0 Å². The van der Waals surface area contributed by atoms with E-state index in [0.29, 0.717) is 0 Å². The van der Waals surface area contributed by atoms with Crippen LogP contribution in [0.4, 0.5) is 5.95 Å². The van der Waals surface area contributed by atoms with E-state index in [1.54, 1.807) is 7.11 Å². The van der Waals surface area contributed by atoms with E-state index < -0.39 is 0 Å². The number of aryl methyl sites for hydroxylation is 1. The zero-order valence-corrected chi connectivity index (χ0v) is 8.29. The lowest BCUT2D eigenvalue weighted by Crippen LogP contribution is -2.07. The number of aromatic nitrogens is 2. The number of anilines is 1. The van der Waals surface area contributed by atoms with Gasteiger partial charge in [0.1, 0.15) is 0 Å². The normalized spacial score (nSPS) is 10.3. The molecule has 0 aliphatic rings. The van der Waals surface area contributed by atoms with Crippen molar-refractivity contribution >= 4 is 5.95 Å². The zero-order valence-electron chi connectivity index (χ0n) is 8.29. The third kappa shape index (κ3) is 3.06. The average molecular weight is 183 g/mol. The Morgan fingerprint density at radius 3 is 3.15 bits per heavy atom. The number of methoxy groups -OCH3 is 1. The molecular formula is C9H17N3O. The maximum Gasteiger partial charge on any atom is 0.202 e. The van der Waals surface area contributed by atoms with Gasteiger partial charge in [-0.2, -0.15) is 0 Å². The Morgan fingerprint density at radius 2 is 2.46 bits per heavy atom. The number of hydrogen-bond donors (Lipinski definition) is 1. The molecule has 0 atom stereocenters. The van der Waals surface area contributed by atoms with E-state index in [4.69, 9.17) is 4.74 Å². The highest BCUT2D eigenvalue weighted by molar-refractivity contribution is 5.25. The summed E-state index contributed by atoms with van der Waals surface area (Å²) < 4.78 is 7.09. The fourth-order valence-corrected chi connectivity index (χ4v) is 1.19. The van der Waals surface area contributed by atoms with Gasteiger partial charge >= 0.3 is 0 Å². The van der Waals surface area contributed by atoms with Gasteiger partial charge in [0, 0.05) is 39.2 Å². The van der Waals surface area contributed by atoms with Crippen LogP contribution in [0.15, 0.2) is 12.4 Å². The van der Waals surface area contributed by atoms with Crippen LogP contribution < -0.4 is 5.32 Å². The van der Waals surface area contributed by atoms with E-state index in [1.807, 2.05) is 12.4 Å². The first-order valence-electron chi connectivity index (χ1n) is 4.62. The van der Waals surface area contributed by atoms with Gasteiger partial charge in [-0.1, -0.05) is 0 Å². The van der Waals surface area contributed by atoms with Crippen molar-refractivity contribution in [3.8, 4) is 0 Å². The lowest BCUT2D eigenvalue weighted by molar-refractivity contribution is 0.190. The molecule has 0 bridgehead atoms. The minimum atomic E-state index is 0.795.